The van der Waals surface area contributed by atoms with Crippen molar-refractivity contribution in [3.63, 3.8) is 0 Å². The molecule has 0 unspecified atom stereocenters. The highest BCUT2D eigenvalue weighted by molar-refractivity contribution is 7.89. The van der Waals surface area contributed by atoms with Crippen LogP contribution in [0.4, 0.5) is 10.1 Å². The SMILES string of the molecule is [C-]#[N+]c1cc(S(=O)(=O)NC)ccc1F. The monoisotopic (exact) mass is 214 g/mol. The Labute approximate surface area is 81.2 Å². The molecular weight excluding hydrogens is 207 g/mol. The lowest BCUT2D eigenvalue weighted by Gasteiger charge is -2.02. The molecule has 1 rings (SSSR count). The fourth-order valence-electron chi connectivity index (χ4n) is 0.863. The lowest BCUT2D eigenvalue weighted by atomic mass is 10.3. The Bertz CT molecular complexity index is 491. The van der Waals surface area contributed by atoms with Crippen LogP contribution in [-0.2, 0) is 10.0 Å². The molecule has 0 fully saturated rings. The molecular formula is C8H7FN2O2S. The highest BCUT2D eigenvalue weighted by Gasteiger charge is 2.13. The zero-order chi connectivity index (χ0) is 10.8. The van der Waals surface area contributed by atoms with Crippen molar-refractivity contribution in [2.45, 2.75) is 4.90 Å². The van der Waals surface area contributed by atoms with Gasteiger partial charge in [0, 0.05) is 0 Å². The maximum Gasteiger partial charge on any atom is 0.239 e. The third-order valence-corrected chi connectivity index (χ3v) is 3.03. The molecule has 0 saturated heterocycles. The van der Waals surface area contributed by atoms with Gasteiger partial charge in [-0.3, -0.25) is 0 Å². The molecule has 0 aliphatic heterocycles. The second kappa shape index (κ2) is 3.74. The standard InChI is InChI=1S/C8H7FN2O2S/c1-10-8-5-6(3-4-7(8)9)14(12,13)11-2/h3-5,11H,2H3. The number of halogens is 1. The highest BCUT2D eigenvalue weighted by Crippen LogP contribution is 2.21. The second-order valence-electron chi connectivity index (χ2n) is 2.43. The Morgan fingerprint density at radius 3 is 2.64 bits per heavy atom. The van der Waals surface area contributed by atoms with E-state index in [0.29, 0.717) is 0 Å². The zero-order valence-electron chi connectivity index (χ0n) is 7.28. The van der Waals surface area contributed by atoms with E-state index >= 15 is 0 Å². The van der Waals surface area contributed by atoms with E-state index in [1.54, 1.807) is 0 Å². The first-order valence-corrected chi connectivity index (χ1v) is 5.10. The lowest BCUT2D eigenvalue weighted by molar-refractivity contribution is 0.587. The fourth-order valence-corrected chi connectivity index (χ4v) is 1.61. The minimum Gasteiger partial charge on any atom is -0.235 e. The lowest BCUT2D eigenvalue weighted by Crippen LogP contribution is -2.18. The van der Waals surface area contributed by atoms with Gasteiger partial charge in [-0.1, -0.05) is 0 Å². The molecule has 1 aromatic carbocycles. The van der Waals surface area contributed by atoms with Crippen LogP contribution in [0.2, 0.25) is 0 Å². The van der Waals surface area contributed by atoms with Gasteiger partial charge in [-0.2, -0.15) is 0 Å². The van der Waals surface area contributed by atoms with Crippen LogP contribution in [0, 0.1) is 12.4 Å². The van der Waals surface area contributed by atoms with E-state index < -0.39 is 15.8 Å². The Balaban J connectivity index is 3.36. The molecule has 14 heavy (non-hydrogen) atoms. The van der Waals surface area contributed by atoms with Crippen LogP contribution < -0.4 is 4.72 Å². The molecule has 0 amide bonds. The molecule has 0 aliphatic rings. The van der Waals surface area contributed by atoms with Gasteiger partial charge in [-0.25, -0.2) is 22.4 Å². The van der Waals surface area contributed by atoms with Crippen LogP contribution in [0.5, 0.6) is 0 Å². The summed E-state index contributed by atoms with van der Waals surface area (Å²) in [5, 5.41) is 0. The molecule has 1 N–H and O–H groups in total. The Kier molecular flexibility index (Phi) is 2.84. The average molecular weight is 214 g/mol. The van der Waals surface area contributed by atoms with Gasteiger partial charge in [-0.15, -0.1) is 0 Å². The van der Waals surface area contributed by atoms with E-state index in [1.165, 1.54) is 7.05 Å². The van der Waals surface area contributed by atoms with Crippen LogP contribution in [0.15, 0.2) is 23.1 Å². The van der Waals surface area contributed by atoms with Crippen molar-refractivity contribution < 1.29 is 12.8 Å². The second-order valence-corrected chi connectivity index (χ2v) is 4.32. The van der Waals surface area contributed by atoms with E-state index in [2.05, 4.69) is 9.57 Å². The van der Waals surface area contributed by atoms with Crippen molar-refractivity contribution in [2.75, 3.05) is 7.05 Å². The zero-order valence-corrected chi connectivity index (χ0v) is 8.10. The minimum absolute atomic E-state index is 0.118. The van der Waals surface area contributed by atoms with E-state index in [4.69, 9.17) is 6.57 Å². The minimum atomic E-state index is -3.61. The van der Waals surface area contributed by atoms with E-state index in [-0.39, 0.29) is 10.6 Å². The van der Waals surface area contributed by atoms with Gasteiger partial charge in [0.15, 0.2) is 0 Å². The van der Waals surface area contributed by atoms with Gasteiger partial charge in [0.1, 0.15) is 5.82 Å². The van der Waals surface area contributed by atoms with Crippen molar-refractivity contribution in [1.82, 2.24) is 4.72 Å². The largest absolute Gasteiger partial charge is 0.239 e. The molecule has 0 atom stereocenters. The predicted molar refractivity (Wildman–Crippen MR) is 48.9 cm³/mol. The molecule has 0 saturated carbocycles. The summed E-state index contributed by atoms with van der Waals surface area (Å²) < 4.78 is 37.4. The third kappa shape index (κ3) is 1.89. The quantitative estimate of drug-likeness (QED) is 0.754. The summed E-state index contributed by atoms with van der Waals surface area (Å²) in [4.78, 5) is 2.74. The van der Waals surface area contributed by atoms with E-state index in [1.807, 2.05) is 0 Å². The van der Waals surface area contributed by atoms with Gasteiger partial charge in [-0.05, 0) is 25.2 Å². The molecule has 1 aromatic rings. The summed E-state index contributed by atoms with van der Waals surface area (Å²) in [6.07, 6.45) is 0. The fraction of sp³-hybridized carbons (Fsp3) is 0.125. The Hall–Kier alpha value is -1.45. The Morgan fingerprint density at radius 2 is 2.14 bits per heavy atom. The van der Waals surface area contributed by atoms with E-state index in [0.717, 1.165) is 18.2 Å². The molecule has 0 aromatic heterocycles. The molecule has 0 heterocycles. The van der Waals surface area contributed by atoms with Gasteiger partial charge in [0.2, 0.25) is 15.7 Å². The summed E-state index contributed by atoms with van der Waals surface area (Å²) in [6.45, 7) is 6.61. The van der Waals surface area contributed by atoms with Crippen molar-refractivity contribution in [1.29, 1.82) is 0 Å². The van der Waals surface area contributed by atoms with Gasteiger partial charge >= 0.3 is 0 Å². The summed E-state index contributed by atoms with van der Waals surface area (Å²) in [6, 6.07) is 3.06. The summed E-state index contributed by atoms with van der Waals surface area (Å²) in [5.41, 5.74) is -0.304. The van der Waals surface area contributed by atoms with E-state index in [9.17, 15) is 12.8 Å². The first-order valence-electron chi connectivity index (χ1n) is 3.62. The molecule has 6 heteroatoms. The molecule has 0 aliphatic carbocycles. The van der Waals surface area contributed by atoms with Gasteiger partial charge < -0.3 is 0 Å². The van der Waals surface area contributed by atoms with Crippen molar-refractivity contribution >= 4 is 15.7 Å². The third-order valence-electron chi connectivity index (χ3n) is 1.62. The van der Waals surface area contributed by atoms with Crippen LogP contribution in [0.1, 0.15) is 0 Å². The summed E-state index contributed by atoms with van der Waals surface area (Å²) >= 11 is 0. The van der Waals surface area contributed by atoms with Crippen LogP contribution >= 0.6 is 0 Å². The summed E-state index contributed by atoms with van der Waals surface area (Å²) in [7, 11) is -2.36. The normalized spacial score (nSPS) is 10.9. The number of nitrogens with one attached hydrogen (secondary N) is 1. The van der Waals surface area contributed by atoms with Crippen molar-refractivity contribution in [3.8, 4) is 0 Å². The Morgan fingerprint density at radius 1 is 1.50 bits per heavy atom. The molecule has 74 valence electrons. The van der Waals surface area contributed by atoms with Gasteiger partial charge in [0.05, 0.1) is 11.5 Å². The van der Waals surface area contributed by atoms with Crippen LogP contribution in [0.3, 0.4) is 0 Å². The number of nitrogens with zero attached hydrogens (tertiary/aromatic N) is 1. The molecule has 4 nitrogen and oxygen atoms in total. The number of hydrogen-bond acceptors (Lipinski definition) is 2. The highest BCUT2D eigenvalue weighted by atomic mass is 32.2. The van der Waals surface area contributed by atoms with Crippen LogP contribution in [0.25, 0.3) is 4.85 Å². The predicted octanol–water partition coefficient (Wildman–Crippen LogP) is 1.28. The number of sulfonamides is 1. The first kappa shape index (κ1) is 10.6. The van der Waals surface area contributed by atoms with Gasteiger partial charge in [0.25, 0.3) is 0 Å². The first-order chi connectivity index (χ1) is 6.51. The number of benzene rings is 1. The maximum absolute atomic E-state index is 12.8. The maximum atomic E-state index is 12.8. The molecule has 0 spiro atoms. The average Bonchev–Trinajstić information content (AvgIpc) is 2.18. The molecule has 0 bridgehead atoms. The smallest absolute Gasteiger partial charge is 0.235 e. The van der Waals surface area contributed by atoms with Crippen LogP contribution in [-0.4, -0.2) is 15.5 Å². The van der Waals surface area contributed by atoms with Crippen molar-refractivity contribution in [3.05, 3.63) is 35.4 Å². The number of rotatable bonds is 2. The van der Waals surface area contributed by atoms with Crippen molar-refractivity contribution in [2.24, 2.45) is 0 Å². The molecule has 0 radical (unpaired) electrons. The number of hydrogen-bond donors (Lipinski definition) is 1. The topological polar surface area (TPSA) is 50.5 Å². The summed E-state index contributed by atoms with van der Waals surface area (Å²) in [5.74, 6) is -0.727.